The van der Waals surface area contributed by atoms with Crippen molar-refractivity contribution in [2.75, 3.05) is 39.3 Å². The van der Waals surface area contributed by atoms with Gasteiger partial charge in [0.25, 0.3) is 0 Å². The average molecular weight is 328 g/mol. The molecule has 0 N–H and O–H groups in total. The minimum Gasteiger partial charge on any atom is -0.377 e. The second kappa shape index (κ2) is 6.66. The fraction of sp³-hybridized carbons (Fsp3) is 0.786. The van der Waals surface area contributed by atoms with Gasteiger partial charge in [-0.25, -0.2) is 8.42 Å². The van der Waals surface area contributed by atoms with E-state index < -0.39 is 10.0 Å². The van der Waals surface area contributed by atoms with Gasteiger partial charge in [0.15, 0.2) is 0 Å². The van der Waals surface area contributed by atoms with Crippen LogP contribution in [0.4, 0.5) is 0 Å². The highest BCUT2D eigenvalue weighted by molar-refractivity contribution is 7.89. The van der Waals surface area contributed by atoms with Crippen molar-refractivity contribution in [3.05, 3.63) is 12.4 Å². The predicted molar refractivity (Wildman–Crippen MR) is 82.0 cm³/mol. The quantitative estimate of drug-likeness (QED) is 0.795. The Morgan fingerprint density at radius 2 is 2.14 bits per heavy atom. The van der Waals surface area contributed by atoms with Crippen LogP contribution in [0.3, 0.4) is 0 Å². The molecule has 0 bridgehead atoms. The van der Waals surface area contributed by atoms with Crippen molar-refractivity contribution in [2.45, 2.75) is 30.3 Å². The van der Waals surface area contributed by atoms with E-state index in [1.807, 2.05) is 0 Å². The normalized spacial score (nSPS) is 25.4. The lowest BCUT2D eigenvalue weighted by Gasteiger charge is -2.23. The summed E-state index contributed by atoms with van der Waals surface area (Å²) in [6.45, 7) is 4.57. The summed E-state index contributed by atoms with van der Waals surface area (Å²) in [4.78, 5) is 2.61. The topological polar surface area (TPSA) is 67.7 Å². The van der Waals surface area contributed by atoms with Gasteiger partial charge in [0.1, 0.15) is 4.90 Å². The van der Waals surface area contributed by atoms with E-state index in [4.69, 9.17) is 4.74 Å². The van der Waals surface area contributed by atoms with Crippen LogP contribution in [0.25, 0.3) is 0 Å². The lowest BCUT2D eigenvalue weighted by molar-refractivity contribution is 0.0749. The molecule has 3 rings (SSSR count). The van der Waals surface area contributed by atoms with Gasteiger partial charge in [-0.1, -0.05) is 0 Å². The molecular formula is C14H24N4O3S. The number of hydrogen-bond donors (Lipinski definition) is 0. The van der Waals surface area contributed by atoms with Crippen molar-refractivity contribution in [3.8, 4) is 0 Å². The summed E-state index contributed by atoms with van der Waals surface area (Å²) in [5.41, 5.74) is 0. The standard InChI is InChI=1S/C14H24N4O3S/c1-16-12-14(10-15-16)22(19,20)18-6-3-5-17(7-8-18)11-13-4-2-9-21-13/h10,12-13H,2-9,11H2,1H3/t13-/m0/s1. The first-order valence-electron chi connectivity index (χ1n) is 7.88. The zero-order valence-electron chi connectivity index (χ0n) is 13.0. The fourth-order valence-corrected chi connectivity index (χ4v) is 4.58. The molecule has 1 aromatic rings. The Hall–Kier alpha value is -0.960. The Morgan fingerprint density at radius 3 is 2.82 bits per heavy atom. The van der Waals surface area contributed by atoms with Crippen molar-refractivity contribution < 1.29 is 13.2 Å². The van der Waals surface area contributed by atoms with Gasteiger partial charge < -0.3 is 4.74 Å². The SMILES string of the molecule is Cn1cc(S(=O)(=O)N2CCCN(C[C@@H]3CCCO3)CC2)cn1. The number of hydrogen-bond acceptors (Lipinski definition) is 5. The Morgan fingerprint density at radius 1 is 1.27 bits per heavy atom. The van der Waals surface area contributed by atoms with Gasteiger partial charge in [-0.3, -0.25) is 9.58 Å². The summed E-state index contributed by atoms with van der Waals surface area (Å²) in [6, 6.07) is 0. The largest absolute Gasteiger partial charge is 0.377 e. The first-order valence-corrected chi connectivity index (χ1v) is 9.32. The van der Waals surface area contributed by atoms with Crippen molar-refractivity contribution in [1.29, 1.82) is 0 Å². The van der Waals surface area contributed by atoms with Gasteiger partial charge in [-0.15, -0.1) is 0 Å². The zero-order valence-corrected chi connectivity index (χ0v) is 13.8. The van der Waals surface area contributed by atoms with Gasteiger partial charge in [0.2, 0.25) is 10.0 Å². The molecule has 0 spiro atoms. The summed E-state index contributed by atoms with van der Waals surface area (Å²) in [6.07, 6.45) is 6.41. The summed E-state index contributed by atoms with van der Waals surface area (Å²) >= 11 is 0. The van der Waals surface area contributed by atoms with E-state index in [0.29, 0.717) is 19.2 Å². The number of rotatable bonds is 4. The minimum atomic E-state index is -3.42. The number of sulfonamides is 1. The summed E-state index contributed by atoms with van der Waals surface area (Å²) in [5.74, 6) is 0. The van der Waals surface area contributed by atoms with Crippen LogP contribution in [0.2, 0.25) is 0 Å². The maximum atomic E-state index is 12.6. The first kappa shape index (κ1) is 15.9. The van der Waals surface area contributed by atoms with Crippen molar-refractivity contribution in [1.82, 2.24) is 19.0 Å². The van der Waals surface area contributed by atoms with Gasteiger partial charge in [-0.05, 0) is 25.8 Å². The van der Waals surface area contributed by atoms with Crippen LogP contribution >= 0.6 is 0 Å². The van der Waals surface area contributed by atoms with Crippen LogP contribution in [0, 0.1) is 0 Å². The molecule has 0 aromatic carbocycles. The van der Waals surface area contributed by atoms with Gasteiger partial charge >= 0.3 is 0 Å². The lowest BCUT2D eigenvalue weighted by atomic mass is 10.2. The molecule has 8 heteroatoms. The summed E-state index contributed by atoms with van der Waals surface area (Å²) < 4.78 is 34.1. The second-order valence-corrected chi connectivity index (χ2v) is 7.98. The average Bonchev–Trinajstić information content (AvgIpc) is 3.07. The van der Waals surface area contributed by atoms with Crippen LogP contribution < -0.4 is 0 Å². The third-order valence-electron chi connectivity index (χ3n) is 4.35. The number of nitrogens with zero attached hydrogens (tertiary/aromatic N) is 4. The third-order valence-corrected chi connectivity index (χ3v) is 6.20. The van der Waals surface area contributed by atoms with Gasteiger partial charge in [0.05, 0.1) is 12.3 Å². The van der Waals surface area contributed by atoms with E-state index in [2.05, 4.69) is 10.00 Å². The molecule has 0 aliphatic carbocycles. The second-order valence-electron chi connectivity index (χ2n) is 6.04. The molecule has 0 radical (unpaired) electrons. The number of aryl methyl sites for hydroxylation is 1. The molecule has 0 unspecified atom stereocenters. The lowest BCUT2D eigenvalue weighted by Crippen LogP contribution is -2.37. The van der Waals surface area contributed by atoms with E-state index >= 15 is 0 Å². The Bertz CT molecular complexity index is 595. The fourth-order valence-electron chi connectivity index (χ4n) is 3.13. The van der Waals surface area contributed by atoms with E-state index in [-0.39, 0.29) is 4.90 Å². The molecular weight excluding hydrogens is 304 g/mol. The molecule has 2 aliphatic rings. The molecule has 1 atom stereocenters. The zero-order chi connectivity index (χ0) is 15.6. The molecule has 7 nitrogen and oxygen atoms in total. The maximum absolute atomic E-state index is 12.6. The molecule has 22 heavy (non-hydrogen) atoms. The van der Waals surface area contributed by atoms with E-state index in [1.54, 1.807) is 17.5 Å². The van der Waals surface area contributed by atoms with Crippen LogP contribution in [-0.2, 0) is 21.8 Å². The molecule has 124 valence electrons. The Balaban J connectivity index is 1.62. The molecule has 0 amide bonds. The molecule has 2 saturated heterocycles. The van der Waals surface area contributed by atoms with Crippen LogP contribution in [-0.4, -0.2) is 72.8 Å². The van der Waals surface area contributed by atoms with Crippen LogP contribution in [0.5, 0.6) is 0 Å². The Kier molecular flexibility index (Phi) is 4.82. The molecule has 3 heterocycles. The molecule has 1 aromatic heterocycles. The molecule has 2 fully saturated rings. The summed E-state index contributed by atoms with van der Waals surface area (Å²) in [5, 5.41) is 3.97. The predicted octanol–water partition coefficient (Wildman–Crippen LogP) is 0.296. The van der Waals surface area contributed by atoms with E-state index in [0.717, 1.165) is 45.5 Å². The Labute approximate surface area is 131 Å². The van der Waals surface area contributed by atoms with Gasteiger partial charge in [0, 0.05) is 46.0 Å². The van der Waals surface area contributed by atoms with Crippen LogP contribution in [0.1, 0.15) is 19.3 Å². The smallest absolute Gasteiger partial charge is 0.246 e. The van der Waals surface area contributed by atoms with E-state index in [1.165, 1.54) is 10.9 Å². The highest BCUT2D eigenvalue weighted by Gasteiger charge is 2.29. The number of aromatic nitrogens is 2. The first-order chi connectivity index (χ1) is 10.6. The van der Waals surface area contributed by atoms with Crippen LogP contribution in [0.15, 0.2) is 17.3 Å². The van der Waals surface area contributed by atoms with Gasteiger partial charge in [-0.2, -0.15) is 9.40 Å². The van der Waals surface area contributed by atoms with E-state index in [9.17, 15) is 8.42 Å². The maximum Gasteiger partial charge on any atom is 0.246 e. The summed E-state index contributed by atoms with van der Waals surface area (Å²) in [7, 11) is -1.70. The number of ether oxygens (including phenoxy) is 1. The monoisotopic (exact) mass is 328 g/mol. The highest BCUT2D eigenvalue weighted by atomic mass is 32.2. The minimum absolute atomic E-state index is 0.280. The highest BCUT2D eigenvalue weighted by Crippen LogP contribution is 2.18. The molecule has 0 saturated carbocycles. The third kappa shape index (κ3) is 3.51. The molecule has 2 aliphatic heterocycles. The van der Waals surface area contributed by atoms with Crippen molar-refractivity contribution in [2.24, 2.45) is 7.05 Å². The van der Waals surface area contributed by atoms with Crippen molar-refractivity contribution in [3.63, 3.8) is 0 Å². The van der Waals surface area contributed by atoms with Crippen molar-refractivity contribution >= 4 is 10.0 Å².